The summed E-state index contributed by atoms with van der Waals surface area (Å²) in [5.41, 5.74) is 5.35. The smallest absolute Gasteiger partial charge is 0.00262 e. The lowest BCUT2D eigenvalue weighted by Gasteiger charge is -2.05. The number of fused-ring (bicyclic) bond motifs is 7. The van der Waals surface area contributed by atoms with Gasteiger partial charge in [-0.25, -0.2) is 0 Å². The standard InChI is InChI=1S/C22H14/c1-4-10-18-16(8-1)14-21-20(18)12-6-3-9-17-13-15-7-2-5-11-19(15)22(17)21/h1-14H. The van der Waals surface area contributed by atoms with Gasteiger partial charge in [0.25, 0.3) is 0 Å². The van der Waals surface area contributed by atoms with Crippen molar-refractivity contribution in [2.24, 2.45) is 0 Å². The summed E-state index contributed by atoms with van der Waals surface area (Å²) in [6, 6.07) is 30.7. The second-order valence-electron chi connectivity index (χ2n) is 5.84. The fourth-order valence-electron chi connectivity index (χ4n) is 3.62. The molecule has 3 aliphatic carbocycles. The molecule has 0 N–H and O–H groups in total. The predicted molar refractivity (Wildman–Crippen MR) is 94.7 cm³/mol. The largest absolute Gasteiger partial charge is 0.0616 e. The minimum absolute atomic E-state index is 1.31. The topological polar surface area (TPSA) is 0 Å². The first-order valence-electron chi connectivity index (χ1n) is 7.64. The van der Waals surface area contributed by atoms with Crippen LogP contribution in [0.5, 0.6) is 0 Å². The Morgan fingerprint density at radius 3 is 1.95 bits per heavy atom. The Kier molecular flexibility index (Phi) is 2.31. The van der Waals surface area contributed by atoms with Crippen LogP contribution in [0.1, 0.15) is 0 Å². The third kappa shape index (κ3) is 1.52. The van der Waals surface area contributed by atoms with Gasteiger partial charge in [0.1, 0.15) is 0 Å². The van der Waals surface area contributed by atoms with Crippen molar-refractivity contribution in [1.29, 1.82) is 0 Å². The van der Waals surface area contributed by atoms with Crippen LogP contribution < -0.4 is 0 Å². The van der Waals surface area contributed by atoms with E-state index in [1.807, 2.05) is 0 Å². The molecule has 5 rings (SSSR count). The molecule has 102 valence electrons. The number of rotatable bonds is 0. The SMILES string of the molecule is c1ccc2c3ccccc3cc-2c2c3ccccc3cc-2c1. The second kappa shape index (κ2) is 4.32. The Hall–Kier alpha value is -2.86. The highest BCUT2D eigenvalue weighted by Crippen LogP contribution is 2.44. The molecule has 0 amide bonds. The predicted octanol–water partition coefficient (Wildman–Crippen LogP) is 6.20. The molecule has 0 fully saturated rings. The highest BCUT2D eigenvalue weighted by Gasteiger charge is 2.17. The zero-order valence-electron chi connectivity index (χ0n) is 12.1. The van der Waals surface area contributed by atoms with E-state index in [2.05, 4.69) is 84.9 Å². The van der Waals surface area contributed by atoms with E-state index in [0.717, 1.165) is 0 Å². The van der Waals surface area contributed by atoms with Crippen LogP contribution in [0.3, 0.4) is 0 Å². The van der Waals surface area contributed by atoms with E-state index in [4.69, 9.17) is 0 Å². The first-order chi connectivity index (χ1) is 10.9. The van der Waals surface area contributed by atoms with Crippen LogP contribution >= 0.6 is 0 Å². The summed E-state index contributed by atoms with van der Waals surface area (Å²) < 4.78 is 0. The molecule has 2 aromatic rings. The summed E-state index contributed by atoms with van der Waals surface area (Å²) in [4.78, 5) is 0. The van der Waals surface area contributed by atoms with E-state index in [9.17, 15) is 0 Å². The Bertz CT molecular complexity index is 1070. The normalized spacial score (nSPS) is 11.6. The molecule has 0 radical (unpaired) electrons. The third-order valence-corrected chi connectivity index (χ3v) is 4.59. The molecular formula is C22H14. The lowest BCUT2D eigenvalue weighted by atomic mass is 9.98. The van der Waals surface area contributed by atoms with Crippen molar-refractivity contribution in [2.45, 2.75) is 0 Å². The molecule has 0 saturated heterocycles. The molecule has 0 atom stereocenters. The van der Waals surface area contributed by atoms with E-state index in [-0.39, 0.29) is 0 Å². The molecule has 0 unspecified atom stereocenters. The van der Waals surface area contributed by atoms with Crippen molar-refractivity contribution in [2.75, 3.05) is 0 Å². The Balaban J connectivity index is 2.05. The number of hydrogen-bond donors (Lipinski definition) is 0. The van der Waals surface area contributed by atoms with E-state index < -0.39 is 0 Å². The van der Waals surface area contributed by atoms with Crippen LogP contribution in [-0.4, -0.2) is 0 Å². The van der Waals surface area contributed by atoms with Gasteiger partial charge in [0, 0.05) is 0 Å². The zero-order valence-corrected chi connectivity index (χ0v) is 12.1. The van der Waals surface area contributed by atoms with Crippen molar-refractivity contribution < 1.29 is 0 Å². The van der Waals surface area contributed by atoms with Crippen LogP contribution in [0.25, 0.3) is 43.8 Å². The summed E-state index contributed by atoms with van der Waals surface area (Å²) >= 11 is 0. The monoisotopic (exact) mass is 278 g/mol. The molecule has 0 bridgehead atoms. The van der Waals surface area contributed by atoms with Crippen molar-refractivity contribution in [3.63, 3.8) is 0 Å². The molecule has 0 heterocycles. The van der Waals surface area contributed by atoms with Gasteiger partial charge in [0.15, 0.2) is 0 Å². The first kappa shape index (κ1) is 11.8. The van der Waals surface area contributed by atoms with E-state index in [1.54, 1.807) is 0 Å². The van der Waals surface area contributed by atoms with Gasteiger partial charge in [-0.15, -0.1) is 0 Å². The quantitative estimate of drug-likeness (QED) is 0.316. The van der Waals surface area contributed by atoms with E-state index in [1.165, 1.54) is 43.8 Å². The Morgan fingerprint density at radius 1 is 0.455 bits per heavy atom. The van der Waals surface area contributed by atoms with Gasteiger partial charge in [-0.2, -0.15) is 0 Å². The van der Waals surface area contributed by atoms with Gasteiger partial charge in [-0.3, -0.25) is 0 Å². The van der Waals surface area contributed by atoms with Gasteiger partial charge < -0.3 is 0 Å². The number of benzene rings is 2. The maximum absolute atomic E-state index is 2.33. The van der Waals surface area contributed by atoms with Crippen molar-refractivity contribution in [3.05, 3.63) is 84.9 Å². The van der Waals surface area contributed by atoms with E-state index in [0.29, 0.717) is 0 Å². The van der Waals surface area contributed by atoms with Crippen molar-refractivity contribution >= 4 is 21.5 Å². The summed E-state index contributed by atoms with van der Waals surface area (Å²) in [6.07, 6.45) is 0. The molecule has 0 heteroatoms. The Morgan fingerprint density at radius 2 is 1.09 bits per heavy atom. The van der Waals surface area contributed by atoms with Gasteiger partial charge in [-0.05, 0) is 55.9 Å². The maximum Gasteiger partial charge on any atom is -0.00262 e. The molecule has 0 nitrogen and oxygen atoms in total. The molecule has 0 spiro atoms. The number of hydrogen-bond acceptors (Lipinski definition) is 0. The second-order valence-corrected chi connectivity index (χ2v) is 5.84. The average molecular weight is 278 g/mol. The van der Waals surface area contributed by atoms with Crippen molar-refractivity contribution in [1.82, 2.24) is 0 Å². The lowest BCUT2D eigenvalue weighted by Crippen LogP contribution is -1.78. The molecular weight excluding hydrogens is 264 g/mol. The average Bonchev–Trinajstić information content (AvgIpc) is 3.06. The van der Waals surface area contributed by atoms with Gasteiger partial charge >= 0.3 is 0 Å². The minimum Gasteiger partial charge on any atom is -0.0616 e. The van der Waals surface area contributed by atoms with Crippen LogP contribution in [0.4, 0.5) is 0 Å². The van der Waals surface area contributed by atoms with Gasteiger partial charge in [0.05, 0.1) is 0 Å². The molecule has 3 aliphatic rings. The Labute approximate surface area is 129 Å². The van der Waals surface area contributed by atoms with Crippen molar-refractivity contribution in [3.8, 4) is 22.3 Å². The third-order valence-electron chi connectivity index (χ3n) is 4.59. The van der Waals surface area contributed by atoms with Gasteiger partial charge in [-0.1, -0.05) is 72.8 Å². The van der Waals surface area contributed by atoms with E-state index >= 15 is 0 Å². The summed E-state index contributed by atoms with van der Waals surface area (Å²) in [5.74, 6) is 0. The highest BCUT2D eigenvalue weighted by molar-refractivity contribution is 6.13. The molecule has 2 aromatic carbocycles. The maximum atomic E-state index is 2.33. The molecule has 0 saturated carbocycles. The fourth-order valence-corrected chi connectivity index (χ4v) is 3.62. The first-order valence-corrected chi connectivity index (χ1v) is 7.64. The van der Waals surface area contributed by atoms with Crippen LogP contribution in [-0.2, 0) is 0 Å². The van der Waals surface area contributed by atoms with Crippen LogP contribution in [0.2, 0.25) is 0 Å². The summed E-state index contributed by atoms with van der Waals surface area (Å²) in [6.45, 7) is 0. The van der Waals surface area contributed by atoms with Gasteiger partial charge in [0.2, 0.25) is 0 Å². The minimum atomic E-state index is 1.31. The highest BCUT2D eigenvalue weighted by atomic mass is 14.2. The molecule has 22 heavy (non-hydrogen) atoms. The molecule has 0 aliphatic heterocycles. The summed E-state index contributed by atoms with van der Waals surface area (Å²) in [7, 11) is 0. The zero-order chi connectivity index (χ0) is 14.5. The van der Waals surface area contributed by atoms with Crippen LogP contribution in [0.15, 0.2) is 84.9 Å². The fraction of sp³-hybridized carbons (Fsp3) is 0. The molecule has 0 aromatic heterocycles. The summed E-state index contributed by atoms with van der Waals surface area (Å²) in [5, 5.41) is 5.31. The van der Waals surface area contributed by atoms with Crippen LogP contribution in [0, 0.1) is 0 Å². The lowest BCUT2D eigenvalue weighted by molar-refractivity contribution is 1.72.